The van der Waals surface area contributed by atoms with Crippen LogP contribution in [-0.4, -0.2) is 28.3 Å². The summed E-state index contributed by atoms with van der Waals surface area (Å²) in [6, 6.07) is 3.86. The molecule has 2 aromatic heterocycles. The van der Waals surface area contributed by atoms with Crippen LogP contribution in [0.3, 0.4) is 0 Å². The zero-order valence-corrected chi connectivity index (χ0v) is 14.2. The zero-order chi connectivity index (χ0) is 16.7. The second-order valence-electron chi connectivity index (χ2n) is 6.79. The van der Waals surface area contributed by atoms with Crippen LogP contribution in [0.25, 0.3) is 0 Å². The zero-order valence-electron chi connectivity index (χ0n) is 14.2. The van der Waals surface area contributed by atoms with Crippen molar-refractivity contribution < 1.29 is 13.7 Å². The van der Waals surface area contributed by atoms with Gasteiger partial charge in [-0.1, -0.05) is 0 Å². The average molecular weight is 315 g/mol. The molecule has 1 fully saturated rings. The van der Waals surface area contributed by atoms with Crippen molar-refractivity contribution in [2.24, 2.45) is 0 Å². The predicted molar refractivity (Wildman–Crippen MR) is 88.5 cm³/mol. The summed E-state index contributed by atoms with van der Waals surface area (Å²) in [5, 5.41) is 3.13. The maximum absolute atomic E-state index is 5.98. The summed E-state index contributed by atoms with van der Waals surface area (Å²) in [7, 11) is -0.443. The first-order valence-electron chi connectivity index (χ1n) is 7.74. The second-order valence-corrected chi connectivity index (χ2v) is 6.79. The second kappa shape index (κ2) is 5.65. The molecule has 3 rings (SSSR count). The number of nitrogens with zero attached hydrogens (tertiary/aromatic N) is 2. The third kappa shape index (κ3) is 3.25. The van der Waals surface area contributed by atoms with E-state index < -0.39 is 7.12 Å². The molecule has 2 aromatic rings. The molecule has 1 aliphatic heterocycles. The van der Waals surface area contributed by atoms with Crippen molar-refractivity contribution in [3.05, 3.63) is 36.0 Å². The number of hydrogen-bond donors (Lipinski definition) is 1. The number of aromatic nitrogens is 2. The molecule has 0 saturated carbocycles. The molecule has 0 spiro atoms. The lowest BCUT2D eigenvalue weighted by Gasteiger charge is -2.32. The Balaban J connectivity index is 1.64. The van der Waals surface area contributed by atoms with Gasteiger partial charge in [0.1, 0.15) is 11.5 Å². The molecule has 7 heteroatoms. The van der Waals surface area contributed by atoms with E-state index in [9.17, 15) is 0 Å². The molecule has 122 valence electrons. The van der Waals surface area contributed by atoms with Crippen molar-refractivity contribution in [3.63, 3.8) is 0 Å². The minimum atomic E-state index is -0.443. The van der Waals surface area contributed by atoms with Gasteiger partial charge in [0.05, 0.1) is 17.7 Å². The van der Waals surface area contributed by atoms with E-state index in [4.69, 9.17) is 13.7 Å². The Kier molecular flexibility index (Phi) is 3.94. The standard InChI is InChI=1S/C16H22BN3O3/c1-11-6-7-13(21-11)10-20-14-18-8-12(9-19-14)17-22-15(2,3)16(4,5)23-17/h6-9H,10H2,1-5H3,(H,18,19,20). The van der Waals surface area contributed by atoms with Crippen LogP contribution >= 0.6 is 0 Å². The molecule has 0 atom stereocenters. The van der Waals surface area contributed by atoms with Crippen molar-refractivity contribution in [1.82, 2.24) is 9.97 Å². The number of rotatable bonds is 4. The van der Waals surface area contributed by atoms with Crippen LogP contribution in [-0.2, 0) is 15.9 Å². The molecule has 23 heavy (non-hydrogen) atoms. The van der Waals surface area contributed by atoms with Gasteiger partial charge < -0.3 is 19.0 Å². The van der Waals surface area contributed by atoms with E-state index in [2.05, 4.69) is 15.3 Å². The van der Waals surface area contributed by atoms with Gasteiger partial charge in [-0.2, -0.15) is 0 Å². The van der Waals surface area contributed by atoms with Crippen LogP contribution in [0.5, 0.6) is 0 Å². The third-order valence-electron chi connectivity index (χ3n) is 4.41. The van der Waals surface area contributed by atoms with Gasteiger partial charge in [0, 0.05) is 17.9 Å². The molecule has 1 saturated heterocycles. The summed E-state index contributed by atoms with van der Waals surface area (Å²) in [5.74, 6) is 2.28. The Morgan fingerprint density at radius 2 is 1.65 bits per heavy atom. The highest BCUT2D eigenvalue weighted by molar-refractivity contribution is 6.61. The first-order valence-corrected chi connectivity index (χ1v) is 7.74. The molecule has 1 N–H and O–H groups in total. The first kappa shape index (κ1) is 16.0. The minimum absolute atomic E-state index is 0.369. The maximum atomic E-state index is 5.98. The Morgan fingerprint density at radius 3 is 2.17 bits per heavy atom. The lowest BCUT2D eigenvalue weighted by molar-refractivity contribution is 0.00578. The first-order chi connectivity index (χ1) is 10.8. The normalized spacial score (nSPS) is 19.1. The van der Waals surface area contributed by atoms with E-state index >= 15 is 0 Å². The van der Waals surface area contributed by atoms with Crippen molar-refractivity contribution in [2.45, 2.75) is 52.4 Å². The van der Waals surface area contributed by atoms with Crippen molar-refractivity contribution >= 4 is 18.5 Å². The smallest absolute Gasteiger partial charge is 0.465 e. The molecule has 0 aliphatic carbocycles. The van der Waals surface area contributed by atoms with Gasteiger partial charge in [0.15, 0.2) is 0 Å². The van der Waals surface area contributed by atoms with Crippen molar-refractivity contribution in [3.8, 4) is 0 Å². The Labute approximate surface area is 136 Å². The van der Waals surface area contributed by atoms with Gasteiger partial charge in [0.25, 0.3) is 0 Å². The van der Waals surface area contributed by atoms with Crippen LogP contribution in [0.1, 0.15) is 39.2 Å². The Morgan fingerprint density at radius 1 is 1.04 bits per heavy atom. The summed E-state index contributed by atoms with van der Waals surface area (Å²) in [5.41, 5.74) is 0.0698. The molecule has 1 aliphatic rings. The highest BCUT2D eigenvalue weighted by atomic mass is 16.7. The monoisotopic (exact) mass is 315 g/mol. The molecular formula is C16H22BN3O3. The molecule has 0 amide bonds. The fourth-order valence-electron chi connectivity index (χ4n) is 2.28. The summed E-state index contributed by atoms with van der Waals surface area (Å²) in [6.45, 7) is 10.6. The number of furan rings is 1. The predicted octanol–water partition coefficient (Wildman–Crippen LogP) is 2.29. The molecule has 6 nitrogen and oxygen atoms in total. The molecule has 0 unspecified atom stereocenters. The summed E-state index contributed by atoms with van der Waals surface area (Å²) in [6.07, 6.45) is 3.45. The van der Waals surface area contributed by atoms with Crippen molar-refractivity contribution in [2.75, 3.05) is 5.32 Å². The molecule has 3 heterocycles. The van der Waals surface area contributed by atoms with Gasteiger partial charge >= 0.3 is 7.12 Å². The van der Waals surface area contributed by atoms with Crippen LogP contribution in [0.4, 0.5) is 5.95 Å². The lowest BCUT2D eigenvalue weighted by atomic mass is 9.81. The number of anilines is 1. The number of aryl methyl sites for hydroxylation is 1. The summed E-state index contributed by atoms with van der Waals surface area (Å²) in [4.78, 5) is 8.63. The van der Waals surface area contributed by atoms with Crippen LogP contribution in [0, 0.1) is 6.92 Å². The van der Waals surface area contributed by atoms with E-state index in [0.29, 0.717) is 12.5 Å². The average Bonchev–Trinajstić information content (AvgIpc) is 2.98. The van der Waals surface area contributed by atoms with E-state index in [0.717, 1.165) is 17.0 Å². The highest BCUT2D eigenvalue weighted by Gasteiger charge is 2.51. The number of nitrogens with one attached hydrogen (secondary N) is 1. The summed E-state index contributed by atoms with van der Waals surface area (Å²) >= 11 is 0. The Hall–Kier alpha value is -1.86. The quantitative estimate of drug-likeness (QED) is 0.873. The highest BCUT2D eigenvalue weighted by Crippen LogP contribution is 2.36. The molecule has 0 aromatic carbocycles. The fourth-order valence-corrected chi connectivity index (χ4v) is 2.28. The SMILES string of the molecule is Cc1ccc(CNc2ncc(B3OC(C)(C)C(C)(C)O3)cn2)o1. The fraction of sp³-hybridized carbons (Fsp3) is 0.500. The van der Waals surface area contributed by atoms with Crippen LogP contribution in [0.2, 0.25) is 0 Å². The molecular weight excluding hydrogens is 293 g/mol. The minimum Gasteiger partial charge on any atom is -0.465 e. The van der Waals surface area contributed by atoms with Gasteiger partial charge in [-0.25, -0.2) is 9.97 Å². The number of hydrogen-bond acceptors (Lipinski definition) is 6. The third-order valence-corrected chi connectivity index (χ3v) is 4.41. The molecule has 0 bridgehead atoms. The summed E-state index contributed by atoms with van der Waals surface area (Å²) < 4.78 is 17.5. The van der Waals surface area contributed by atoms with E-state index in [-0.39, 0.29) is 11.2 Å². The van der Waals surface area contributed by atoms with Crippen LogP contribution < -0.4 is 10.8 Å². The molecule has 0 radical (unpaired) electrons. The van der Waals surface area contributed by atoms with Crippen LogP contribution in [0.15, 0.2) is 28.9 Å². The van der Waals surface area contributed by atoms with E-state index in [1.165, 1.54) is 0 Å². The van der Waals surface area contributed by atoms with E-state index in [1.807, 2.05) is 46.8 Å². The largest absolute Gasteiger partial charge is 0.498 e. The topological polar surface area (TPSA) is 69.4 Å². The van der Waals surface area contributed by atoms with Gasteiger partial charge in [0.2, 0.25) is 5.95 Å². The van der Waals surface area contributed by atoms with Gasteiger partial charge in [-0.05, 0) is 46.8 Å². The van der Waals surface area contributed by atoms with E-state index in [1.54, 1.807) is 12.4 Å². The van der Waals surface area contributed by atoms with Gasteiger partial charge in [-0.3, -0.25) is 0 Å². The maximum Gasteiger partial charge on any atom is 0.498 e. The lowest BCUT2D eigenvalue weighted by Crippen LogP contribution is -2.41. The Bertz CT molecular complexity index is 666. The van der Waals surface area contributed by atoms with Gasteiger partial charge in [-0.15, -0.1) is 0 Å². The van der Waals surface area contributed by atoms with Crippen molar-refractivity contribution in [1.29, 1.82) is 0 Å².